The van der Waals surface area contributed by atoms with Gasteiger partial charge in [0, 0.05) is 42.7 Å². The molecule has 0 saturated carbocycles. The lowest BCUT2D eigenvalue weighted by atomic mass is 9.94. The van der Waals surface area contributed by atoms with Crippen LogP contribution >= 0.6 is 0 Å². The van der Waals surface area contributed by atoms with Crippen LogP contribution < -0.4 is 10.7 Å². The molecule has 1 aromatic heterocycles. The van der Waals surface area contributed by atoms with Gasteiger partial charge in [0.1, 0.15) is 0 Å². The molecular weight excluding hydrogens is 418 g/mol. The predicted octanol–water partition coefficient (Wildman–Crippen LogP) is 2.07. The Labute approximate surface area is 192 Å². The van der Waals surface area contributed by atoms with Gasteiger partial charge in [0.05, 0.1) is 25.1 Å². The van der Waals surface area contributed by atoms with Crippen molar-refractivity contribution in [1.82, 2.24) is 15.5 Å². The van der Waals surface area contributed by atoms with Gasteiger partial charge in [0.15, 0.2) is 5.75 Å². The van der Waals surface area contributed by atoms with E-state index in [2.05, 4.69) is 39.5 Å². The van der Waals surface area contributed by atoms with Gasteiger partial charge in [-0.1, -0.05) is 36.1 Å². The number of aliphatic hydroxyl groups is 1. The van der Waals surface area contributed by atoms with Crippen LogP contribution in [0, 0.1) is 11.8 Å². The van der Waals surface area contributed by atoms with Gasteiger partial charge in [0.25, 0.3) is 0 Å². The topological polar surface area (TPSA) is 107 Å². The lowest BCUT2D eigenvalue weighted by molar-refractivity contribution is 0.190. The first-order valence-corrected chi connectivity index (χ1v) is 11.0. The smallest absolute Gasteiger partial charge is 0.241 e. The molecule has 1 aliphatic rings. The van der Waals surface area contributed by atoms with Crippen molar-refractivity contribution >= 4 is 0 Å². The normalized spacial score (nSPS) is 16.2. The minimum Gasteiger partial charge on any atom is -0.503 e. The minimum absolute atomic E-state index is 0.129. The Morgan fingerprint density at radius 3 is 2.45 bits per heavy atom. The molecule has 3 aromatic rings. The monoisotopic (exact) mass is 445 g/mol. The molecule has 0 amide bonds. The Bertz CT molecular complexity index is 1170. The van der Waals surface area contributed by atoms with Crippen LogP contribution in [0.5, 0.6) is 5.75 Å². The summed E-state index contributed by atoms with van der Waals surface area (Å²) in [7, 11) is 0. The van der Waals surface area contributed by atoms with Crippen LogP contribution in [0.2, 0.25) is 0 Å². The Kier molecular flexibility index (Phi) is 7.53. The van der Waals surface area contributed by atoms with Crippen LogP contribution in [0.4, 0.5) is 0 Å². The van der Waals surface area contributed by atoms with E-state index in [4.69, 9.17) is 4.74 Å². The van der Waals surface area contributed by atoms with Crippen molar-refractivity contribution in [2.75, 3.05) is 19.8 Å². The first-order chi connectivity index (χ1) is 16.1. The standard InChI is InChI=1S/C26H27N3O4/c30-16-22(13-24-26(32)25(31)15-28-29-24)21-9-7-19(8-10-21)2-1-18-3-5-20(6-4-18)14-27-23-11-12-33-17-23/h3-10,15,22-23,27,30H,11-14,16-17H2,(H,28,32)(H,29,31)/t22?,23-/m0/s1. The number of nitrogens with zero attached hydrogens (tertiary/aromatic N) is 1. The minimum atomic E-state index is -0.543. The van der Waals surface area contributed by atoms with Gasteiger partial charge in [-0.2, -0.15) is 5.10 Å². The lowest BCUT2D eigenvalue weighted by Crippen LogP contribution is -2.28. The van der Waals surface area contributed by atoms with Crippen LogP contribution in [-0.4, -0.2) is 46.3 Å². The van der Waals surface area contributed by atoms with E-state index in [1.807, 2.05) is 36.4 Å². The number of aromatic amines is 1. The summed E-state index contributed by atoms with van der Waals surface area (Å²) in [6.07, 6.45) is 2.36. The summed E-state index contributed by atoms with van der Waals surface area (Å²) in [5.74, 6) is 5.70. The summed E-state index contributed by atoms with van der Waals surface area (Å²) in [5, 5.41) is 29.6. The Morgan fingerprint density at radius 2 is 1.82 bits per heavy atom. The molecule has 2 aromatic carbocycles. The SMILES string of the molecule is O=c1cn[nH]c(CC(CO)c2ccc(C#Cc3ccc(CN[C@H]4CCOC4)cc3)cc2)c1O. The Hall–Kier alpha value is -3.44. The summed E-state index contributed by atoms with van der Waals surface area (Å²) >= 11 is 0. The van der Waals surface area contributed by atoms with Gasteiger partial charge in [-0.05, 0) is 41.8 Å². The molecular formula is C26H27N3O4. The molecule has 2 heterocycles. The molecule has 1 saturated heterocycles. The number of aromatic nitrogens is 2. The van der Waals surface area contributed by atoms with Crippen molar-refractivity contribution in [3.8, 4) is 17.6 Å². The van der Waals surface area contributed by atoms with Gasteiger partial charge in [-0.3, -0.25) is 9.89 Å². The number of rotatable bonds is 7. The summed E-state index contributed by atoms with van der Waals surface area (Å²) in [4.78, 5) is 11.6. The molecule has 7 heteroatoms. The second kappa shape index (κ2) is 10.9. The molecule has 1 fully saturated rings. The van der Waals surface area contributed by atoms with Crippen LogP contribution in [0.3, 0.4) is 0 Å². The van der Waals surface area contributed by atoms with E-state index in [1.165, 1.54) is 5.56 Å². The number of benzene rings is 2. The van der Waals surface area contributed by atoms with E-state index in [1.54, 1.807) is 0 Å². The number of aliphatic hydroxyl groups excluding tert-OH is 1. The van der Waals surface area contributed by atoms with Crippen LogP contribution in [0.1, 0.15) is 40.3 Å². The van der Waals surface area contributed by atoms with E-state index < -0.39 is 5.43 Å². The van der Waals surface area contributed by atoms with E-state index in [0.717, 1.165) is 49.1 Å². The zero-order valence-electron chi connectivity index (χ0n) is 18.3. The van der Waals surface area contributed by atoms with E-state index >= 15 is 0 Å². The number of hydrogen-bond acceptors (Lipinski definition) is 6. The number of hydrogen-bond donors (Lipinski definition) is 4. The van der Waals surface area contributed by atoms with Crippen molar-refractivity contribution in [3.05, 3.63) is 92.9 Å². The fourth-order valence-corrected chi connectivity index (χ4v) is 3.75. The first kappa shape index (κ1) is 22.7. The molecule has 0 aliphatic carbocycles. The number of ether oxygens (including phenoxy) is 1. The van der Waals surface area contributed by atoms with E-state index in [9.17, 15) is 15.0 Å². The number of aromatic hydroxyl groups is 1. The molecule has 0 spiro atoms. The van der Waals surface area contributed by atoms with E-state index in [0.29, 0.717) is 11.7 Å². The summed E-state index contributed by atoms with van der Waals surface area (Å²) in [6, 6.07) is 16.3. The van der Waals surface area contributed by atoms with Gasteiger partial charge in [0.2, 0.25) is 5.43 Å². The third-order valence-electron chi connectivity index (χ3n) is 5.78. The van der Waals surface area contributed by atoms with Gasteiger partial charge in [-0.25, -0.2) is 0 Å². The molecule has 4 rings (SSSR count). The summed E-state index contributed by atoms with van der Waals surface area (Å²) in [6.45, 7) is 2.31. The zero-order chi connectivity index (χ0) is 23.0. The number of nitrogens with one attached hydrogen (secondary N) is 2. The Balaban J connectivity index is 1.37. The second-order valence-electron chi connectivity index (χ2n) is 8.16. The molecule has 170 valence electrons. The highest BCUT2D eigenvalue weighted by Gasteiger charge is 2.16. The maximum Gasteiger partial charge on any atom is 0.241 e. The van der Waals surface area contributed by atoms with Gasteiger partial charge in [-0.15, -0.1) is 0 Å². The fourth-order valence-electron chi connectivity index (χ4n) is 3.75. The fraction of sp³-hybridized carbons (Fsp3) is 0.308. The van der Waals surface area contributed by atoms with Crippen molar-refractivity contribution < 1.29 is 14.9 Å². The third kappa shape index (κ3) is 6.08. The molecule has 2 atom stereocenters. The summed E-state index contributed by atoms with van der Waals surface area (Å²) < 4.78 is 5.38. The highest BCUT2D eigenvalue weighted by molar-refractivity contribution is 5.44. The largest absolute Gasteiger partial charge is 0.503 e. The molecule has 0 radical (unpaired) electrons. The highest BCUT2D eigenvalue weighted by atomic mass is 16.5. The maximum absolute atomic E-state index is 11.6. The molecule has 1 unspecified atom stereocenters. The van der Waals surface area contributed by atoms with Crippen molar-refractivity contribution in [3.63, 3.8) is 0 Å². The molecule has 4 N–H and O–H groups in total. The maximum atomic E-state index is 11.6. The van der Waals surface area contributed by atoms with Crippen LogP contribution in [0.25, 0.3) is 0 Å². The number of H-pyrrole nitrogens is 1. The highest BCUT2D eigenvalue weighted by Crippen LogP contribution is 2.22. The predicted molar refractivity (Wildman–Crippen MR) is 125 cm³/mol. The first-order valence-electron chi connectivity index (χ1n) is 11.0. The van der Waals surface area contributed by atoms with Crippen molar-refractivity contribution in [2.24, 2.45) is 0 Å². The lowest BCUT2D eigenvalue weighted by Gasteiger charge is -2.15. The van der Waals surface area contributed by atoms with Gasteiger partial charge >= 0.3 is 0 Å². The zero-order valence-corrected chi connectivity index (χ0v) is 18.3. The third-order valence-corrected chi connectivity index (χ3v) is 5.78. The van der Waals surface area contributed by atoms with Crippen molar-refractivity contribution in [2.45, 2.75) is 31.3 Å². The average molecular weight is 446 g/mol. The molecule has 0 bridgehead atoms. The van der Waals surface area contributed by atoms with Crippen LogP contribution in [-0.2, 0) is 17.7 Å². The molecule has 7 nitrogen and oxygen atoms in total. The average Bonchev–Trinajstić information content (AvgIpc) is 3.37. The van der Waals surface area contributed by atoms with Gasteiger partial charge < -0.3 is 20.3 Å². The van der Waals surface area contributed by atoms with E-state index in [-0.39, 0.29) is 24.7 Å². The molecule has 1 aliphatic heterocycles. The second-order valence-corrected chi connectivity index (χ2v) is 8.16. The molecule has 33 heavy (non-hydrogen) atoms. The summed E-state index contributed by atoms with van der Waals surface area (Å²) in [5.41, 5.74) is 3.67. The van der Waals surface area contributed by atoms with Crippen LogP contribution in [0.15, 0.2) is 59.5 Å². The van der Waals surface area contributed by atoms with Crippen molar-refractivity contribution in [1.29, 1.82) is 0 Å². The Morgan fingerprint density at radius 1 is 1.12 bits per heavy atom. The quantitative estimate of drug-likeness (QED) is 0.415.